The highest BCUT2D eigenvalue weighted by Crippen LogP contribution is 2.35. The van der Waals surface area contributed by atoms with Crippen LogP contribution in [-0.2, 0) is 4.79 Å². The second-order valence-corrected chi connectivity index (χ2v) is 4.81. The van der Waals surface area contributed by atoms with Crippen molar-refractivity contribution in [3.63, 3.8) is 0 Å². The molecule has 0 atom stereocenters. The monoisotopic (exact) mass is 311 g/mol. The summed E-state index contributed by atoms with van der Waals surface area (Å²) >= 11 is 0. The van der Waals surface area contributed by atoms with Crippen LogP contribution in [-0.4, -0.2) is 17.6 Å². The number of ether oxygens (including phenoxy) is 1. The van der Waals surface area contributed by atoms with E-state index in [0.717, 1.165) is 0 Å². The lowest BCUT2D eigenvalue weighted by Crippen LogP contribution is -2.19. The third-order valence-corrected chi connectivity index (χ3v) is 3.27. The number of phenolic OH excluding ortho intramolecular Hbond substituents is 1. The molecule has 2 aromatic carbocycles. The molecule has 0 aliphatic heterocycles. The van der Waals surface area contributed by atoms with Gasteiger partial charge in [0.25, 0.3) is 0 Å². The first-order valence-corrected chi connectivity index (χ1v) is 6.86. The molecule has 6 nitrogen and oxygen atoms in total. The van der Waals surface area contributed by atoms with E-state index in [2.05, 4.69) is 0 Å². The van der Waals surface area contributed by atoms with E-state index in [0.29, 0.717) is 11.3 Å². The highest BCUT2D eigenvalue weighted by atomic mass is 16.5. The molecule has 23 heavy (non-hydrogen) atoms. The molecule has 0 aliphatic carbocycles. The van der Waals surface area contributed by atoms with Crippen molar-refractivity contribution in [2.24, 2.45) is 5.73 Å². The Hall–Kier alpha value is -3.12. The predicted molar refractivity (Wildman–Crippen MR) is 84.3 cm³/mol. The largest absolute Gasteiger partial charge is 0.504 e. The number of phenols is 1. The van der Waals surface area contributed by atoms with Crippen LogP contribution < -0.4 is 15.9 Å². The number of carbonyl (C=O) groups excluding carboxylic acids is 1. The molecule has 0 aliphatic rings. The summed E-state index contributed by atoms with van der Waals surface area (Å²) in [6, 6.07) is 13.0. The van der Waals surface area contributed by atoms with Gasteiger partial charge in [-0.25, -0.2) is 0 Å². The summed E-state index contributed by atoms with van der Waals surface area (Å²) in [5.41, 5.74) is 5.59. The van der Waals surface area contributed by atoms with Crippen LogP contribution in [0, 0.1) is 0 Å². The van der Waals surface area contributed by atoms with E-state index in [1.165, 1.54) is 18.2 Å². The van der Waals surface area contributed by atoms with Gasteiger partial charge in [0.2, 0.25) is 5.75 Å². The summed E-state index contributed by atoms with van der Waals surface area (Å²) in [6.07, 6.45) is 0. The molecule has 0 spiro atoms. The van der Waals surface area contributed by atoms with Crippen molar-refractivity contribution in [1.82, 2.24) is 0 Å². The summed E-state index contributed by atoms with van der Waals surface area (Å²) in [7, 11) is 0. The summed E-state index contributed by atoms with van der Waals surface area (Å²) in [5.74, 6) is -0.972. The number of nitrogens with two attached hydrogens (primary N) is 1. The van der Waals surface area contributed by atoms with Gasteiger partial charge in [0, 0.05) is 11.6 Å². The fourth-order valence-electron chi connectivity index (χ4n) is 2.18. The van der Waals surface area contributed by atoms with Crippen LogP contribution in [0.5, 0.6) is 11.5 Å². The van der Waals surface area contributed by atoms with Crippen LogP contribution in [0.25, 0.3) is 22.3 Å². The SMILES string of the molecule is NCC(=O)Oc1c(O)ccc2c(=O)cc(-c3ccccc3)oc12. The Morgan fingerprint density at radius 2 is 1.91 bits per heavy atom. The molecule has 0 unspecified atom stereocenters. The number of rotatable bonds is 3. The van der Waals surface area contributed by atoms with Crippen LogP contribution in [0.3, 0.4) is 0 Å². The Balaban J connectivity index is 2.27. The zero-order valence-corrected chi connectivity index (χ0v) is 12.0. The second-order valence-electron chi connectivity index (χ2n) is 4.81. The molecule has 3 rings (SSSR count). The minimum Gasteiger partial charge on any atom is -0.504 e. The molecular formula is C17H13NO5. The van der Waals surface area contributed by atoms with Crippen LogP contribution in [0.2, 0.25) is 0 Å². The Morgan fingerprint density at radius 1 is 1.17 bits per heavy atom. The second kappa shape index (κ2) is 5.94. The maximum Gasteiger partial charge on any atom is 0.325 e. The first-order valence-electron chi connectivity index (χ1n) is 6.86. The Labute approximate surface area is 130 Å². The van der Waals surface area contributed by atoms with Gasteiger partial charge in [0.1, 0.15) is 5.76 Å². The van der Waals surface area contributed by atoms with E-state index in [9.17, 15) is 14.7 Å². The number of hydrogen-bond donors (Lipinski definition) is 2. The molecule has 0 saturated carbocycles. The van der Waals surface area contributed by atoms with Crippen LogP contribution in [0.15, 0.2) is 57.7 Å². The molecule has 3 aromatic rings. The number of hydrogen-bond acceptors (Lipinski definition) is 6. The molecule has 0 bridgehead atoms. The molecule has 0 amide bonds. The van der Waals surface area contributed by atoms with Crippen molar-refractivity contribution < 1.29 is 19.1 Å². The summed E-state index contributed by atoms with van der Waals surface area (Å²) in [5, 5.41) is 10.1. The van der Waals surface area contributed by atoms with Gasteiger partial charge < -0.3 is 20.0 Å². The topological polar surface area (TPSA) is 103 Å². The highest BCUT2D eigenvalue weighted by Gasteiger charge is 2.17. The van der Waals surface area contributed by atoms with E-state index in [1.54, 1.807) is 24.3 Å². The van der Waals surface area contributed by atoms with E-state index >= 15 is 0 Å². The van der Waals surface area contributed by atoms with Crippen molar-refractivity contribution in [3.05, 3.63) is 58.8 Å². The van der Waals surface area contributed by atoms with Crippen molar-refractivity contribution in [2.75, 3.05) is 6.54 Å². The standard InChI is InChI=1S/C17H13NO5/c18-9-15(21)23-17-12(19)7-6-11-13(20)8-14(22-16(11)17)10-4-2-1-3-5-10/h1-8,19H,9,18H2. The van der Waals surface area contributed by atoms with Gasteiger partial charge in [0.05, 0.1) is 11.9 Å². The van der Waals surface area contributed by atoms with Gasteiger partial charge in [-0.15, -0.1) is 0 Å². The fraction of sp³-hybridized carbons (Fsp3) is 0.0588. The van der Waals surface area contributed by atoms with Gasteiger partial charge in [-0.2, -0.15) is 0 Å². The van der Waals surface area contributed by atoms with Gasteiger partial charge >= 0.3 is 5.97 Å². The number of aromatic hydroxyl groups is 1. The van der Waals surface area contributed by atoms with Gasteiger partial charge in [0.15, 0.2) is 16.8 Å². The van der Waals surface area contributed by atoms with Gasteiger partial charge in [-0.05, 0) is 12.1 Å². The Bertz CT molecular complexity index is 931. The van der Waals surface area contributed by atoms with E-state index < -0.39 is 5.97 Å². The first-order chi connectivity index (χ1) is 11.1. The lowest BCUT2D eigenvalue weighted by molar-refractivity contribution is -0.132. The summed E-state index contributed by atoms with van der Waals surface area (Å²) in [6.45, 7) is -0.363. The normalized spacial score (nSPS) is 10.7. The average molecular weight is 311 g/mol. The zero-order chi connectivity index (χ0) is 16.4. The molecule has 116 valence electrons. The molecule has 0 fully saturated rings. The molecule has 3 N–H and O–H groups in total. The fourth-order valence-corrected chi connectivity index (χ4v) is 2.18. The van der Waals surface area contributed by atoms with Crippen LogP contribution in [0.4, 0.5) is 0 Å². The van der Waals surface area contributed by atoms with Gasteiger partial charge in [-0.3, -0.25) is 9.59 Å². The quantitative estimate of drug-likeness (QED) is 0.566. The third-order valence-electron chi connectivity index (χ3n) is 3.27. The first kappa shape index (κ1) is 14.8. The number of esters is 1. The molecule has 0 radical (unpaired) electrons. The number of carbonyl (C=O) groups is 1. The molecule has 0 saturated heterocycles. The predicted octanol–water partition coefficient (Wildman–Crippen LogP) is 2.03. The van der Waals surface area contributed by atoms with Gasteiger partial charge in [-0.1, -0.05) is 30.3 Å². The number of fused-ring (bicyclic) bond motifs is 1. The maximum atomic E-state index is 12.3. The lowest BCUT2D eigenvalue weighted by Gasteiger charge is -2.09. The van der Waals surface area contributed by atoms with Crippen molar-refractivity contribution in [1.29, 1.82) is 0 Å². The summed E-state index contributed by atoms with van der Waals surface area (Å²) < 4.78 is 10.7. The molecular weight excluding hydrogens is 298 g/mol. The summed E-state index contributed by atoms with van der Waals surface area (Å²) in [4.78, 5) is 23.7. The number of benzene rings is 2. The highest BCUT2D eigenvalue weighted by molar-refractivity contribution is 5.89. The van der Waals surface area contributed by atoms with E-state index in [-0.39, 0.29) is 34.4 Å². The maximum absolute atomic E-state index is 12.3. The van der Waals surface area contributed by atoms with Crippen LogP contribution >= 0.6 is 0 Å². The molecule has 1 heterocycles. The van der Waals surface area contributed by atoms with Crippen molar-refractivity contribution >= 4 is 16.9 Å². The Morgan fingerprint density at radius 3 is 2.61 bits per heavy atom. The third kappa shape index (κ3) is 2.79. The smallest absolute Gasteiger partial charge is 0.325 e. The zero-order valence-electron chi connectivity index (χ0n) is 12.0. The average Bonchev–Trinajstić information content (AvgIpc) is 2.58. The lowest BCUT2D eigenvalue weighted by atomic mass is 10.1. The minimum absolute atomic E-state index is 0.00171. The van der Waals surface area contributed by atoms with E-state index in [4.69, 9.17) is 14.9 Å². The minimum atomic E-state index is -0.749. The van der Waals surface area contributed by atoms with Crippen molar-refractivity contribution in [2.45, 2.75) is 0 Å². The molecule has 6 heteroatoms. The van der Waals surface area contributed by atoms with Crippen LogP contribution in [0.1, 0.15) is 0 Å². The Kier molecular flexibility index (Phi) is 3.82. The molecule has 1 aromatic heterocycles. The van der Waals surface area contributed by atoms with Crippen molar-refractivity contribution in [3.8, 4) is 22.8 Å². The van der Waals surface area contributed by atoms with E-state index in [1.807, 2.05) is 6.07 Å².